The van der Waals surface area contributed by atoms with E-state index >= 15 is 0 Å². The van der Waals surface area contributed by atoms with Gasteiger partial charge < -0.3 is 14.4 Å². The molecule has 1 aromatic rings. The molecule has 0 unspecified atom stereocenters. The Hall–Kier alpha value is -0.890. The minimum Gasteiger partial charge on any atom is -0.390 e. The Morgan fingerprint density at radius 2 is 2.16 bits per heavy atom. The maximum atomic E-state index is 12.0. The summed E-state index contributed by atoms with van der Waals surface area (Å²) in [7, 11) is -3.53. The number of aromatic nitrogens is 1. The molecule has 6 nitrogen and oxygen atoms in total. The molecule has 0 aromatic carbocycles. The van der Waals surface area contributed by atoms with Crippen molar-refractivity contribution in [1.82, 2.24) is 9.29 Å². The number of aliphatic hydroxyl groups excluding tert-OH is 1. The normalized spacial score (nSPS) is 11.9. The van der Waals surface area contributed by atoms with E-state index in [-0.39, 0.29) is 18.0 Å². The SMILES string of the molecule is CCCn1cc(S(=O)(=O)NCCOCC)cc1CO. The molecule has 0 aliphatic carbocycles. The Bertz CT molecular complexity index is 482. The summed E-state index contributed by atoms with van der Waals surface area (Å²) in [6.45, 7) is 5.51. The van der Waals surface area contributed by atoms with Crippen LogP contribution in [0.3, 0.4) is 0 Å². The lowest BCUT2D eigenvalue weighted by Gasteiger charge is -2.05. The van der Waals surface area contributed by atoms with Crippen molar-refractivity contribution in [3.05, 3.63) is 18.0 Å². The van der Waals surface area contributed by atoms with E-state index in [0.29, 0.717) is 25.5 Å². The fourth-order valence-corrected chi connectivity index (χ4v) is 2.81. The highest BCUT2D eigenvalue weighted by molar-refractivity contribution is 7.89. The molecule has 0 amide bonds. The van der Waals surface area contributed by atoms with E-state index in [4.69, 9.17) is 4.74 Å². The topological polar surface area (TPSA) is 80.6 Å². The van der Waals surface area contributed by atoms with Crippen LogP contribution in [-0.4, -0.2) is 37.8 Å². The third-order valence-electron chi connectivity index (χ3n) is 2.64. The van der Waals surface area contributed by atoms with E-state index in [1.165, 1.54) is 6.07 Å². The lowest BCUT2D eigenvalue weighted by molar-refractivity contribution is 0.153. The van der Waals surface area contributed by atoms with Gasteiger partial charge in [-0.15, -0.1) is 0 Å². The third-order valence-corrected chi connectivity index (χ3v) is 4.07. The van der Waals surface area contributed by atoms with Crippen LogP contribution >= 0.6 is 0 Å². The first-order chi connectivity index (χ1) is 9.05. The first kappa shape index (κ1) is 16.2. The summed E-state index contributed by atoms with van der Waals surface area (Å²) in [6.07, 6.45) is 2.43. The molecule has 0 bridgehead atoms. The number of ether oxygens (including phenoxy) is 1. The highest BCUT2D eigenvalue weighted by atomic mass is 32.2. The van der Waals surface area contributed by atoms with E-state index in [0.717, 1.165) is 6.42 Å². The first-order valence-electron chi connectivity index (χ1n) is 6.42. The van der Waals surface area contributed by atoms with Gasteiger partial charge in [0, 0.05) is 31.6 Å². The molecule has 2 N–H and O–H groups in total. The van der Waals surface area contributed by atoms with Crippen molar-refractivity contribution in [3.63, 3.8) is 0 Å². The highest BCUT2D eigenvalue weighted by Crippen LogP contribution is 2.15. The molecule has 0 aliphatic heterocycles. The fourth-order valence-electron chi connectivity index (χ4n) is 1.73. The molecule has 0 radical (unpaired) electrons. The average Bonchev–Trinajstić information content (AvgIpc) is 2.79. The summed E-state index contributed by atoms with van der Waals surface area (Å²) in [5, 5.41) is 9.21. The van der Waals surface area contributed by atoms with Crippen LogP contribution in [0.15, 0.2) is 17.2 Å². The van der Waals surface area contributed by atoms with Crippen LogP contribution in [-0.2, 0) is 27.9 Å². The molecule has 7 heteroatoms. The molecule has 19 heavy (non-hydrogen) atoms. The summed E-state index contributed by atoms with van der Waals surface area (Å²) in [5.41, 5.74) is 0.604. The van der Waals surface area contributed by atoms with Gasteiger partial charge in [-0.05, 0) is 19.4 Å². The van der Waals surface area contributed by atoms with Gasteiger partial charge in [0.25, 0.3) is 0 Å². The standard InChI is InChI=1S/C12H22N2O4S/c1-3-6-14-9-12(8-11(14)10-15)19(16,17)13-5-7-18-4-2/h8-9,13,15H,3-7,10H2,1-2H3. The van der Waals surface area contributed by atoms with Gasteiger partial charge in [0.05, 0.1) is 18.1 Å². The van der Waals surface area contributed by atoms with Crippen molar-refractivity contribution in [2.75, 3.05) is 19.8 Å². The van der Waals surface area contributed by atoms with E-state index in [2.05, 4.69) is 4.72 Å². The zero-order valence-electron chi connectivity index (χ0n) is 11.4. The predicted molar refractivity (Wildman–Crippen MR) is 72.3 cm³/mol. The summed E-state index contributed by atoms with van der Waals surface area (Å²) in [5.74, 6) is 0. The van der Waals surface area contributed by atoms with Gasteiger partial charge in [0.1, 0.15) is 0 Å². The molecule has 0 atom stereocenters. The molecule has 0 saturated heterocycles. The van der Waals surface area contributed by atoms with Gasteiger partial charge in [-0.25, -0.2) is 13.1 Å². The quantitative estimate of drug-likeness (QED) is 0.656. The Morgan fingerprint density at radius 1 is 1.42 bits per heavy atom. The Labute approximate surface area is 114 Å². The van der Waals surface area contributed by atoms with Crippen molar-refractivity contribution in [2.45, 2.75) is 38.3 Å². The molecule has 0 saturated carbocycles. The van der Waals surface area contributed by atoms with Gasteiger partial charge in [0.2, 0.25) is 10.0 Å². The fraction of sp³-hybridized carbons (Fsp3) is 0.667. The van der Waals surface area contributed by atoms with Crippen molar-refractivity contribution in [2.24, 2.45) is 0 Å². The number of nitrogens with one attached hydrogen (secondary N) is 1. The van der Waals surface area contributed by atoms with Crippen LogP contribution in [0.4, 0.5) is 0 Å². The zero-order valence-corrected chi connectivity index (χ0v) is 12.2. The number of aryl methyl sites for hydroxylation is 1. The van der Waals surface area contributed by atoms with Crippen LogP contribution in [0.5, 0.6) is 0 Å². The molecule has 1 heterocycles. The minimum absolute atomic E-state index is 0.172. The number of nitrogens with zero attached hydrogens (tertiary/aromatic N) is 1. The first-order valence-corrected chi connectivity index (χ1v) is 7.90. The van der Waals surface area contributed by atoms with E-state index < -0.39 is 10.0 Å². The van der Waals surface area contributed by atoms with Gasteiger partial charge in [0.15, 0.2) is 0 Å². The highest BCUT2D eigenvalue weighted by Gasteiger charge is 2.17. The zero-order chi connectivity index (χ0) is 14.3. The number of sulfonamides is 1. The number of hydrogen-bond donors (Lipinski definition) is 2. The molecule has 0 fully saturated rings. The number of hydrogen-bond acceptors (Lipinski definition) is 4. The summed E-state index contributed by atoms with van der Waals surface area (Å²) < 4.78 is 33.4. The molecule has 110 valence electrons. The van der Waals surface area contributed by atoms with Crippen LogP contribution in [0, 0.1) is 0 Å². The van der Waals surface area contributed by atoms with E-state index in [1.54, 1.807) is 10.8 Å². The van der Waals surface area contributed by atoms with Gasteiger partial charge >= 0.3 is 0 Å². The third kappa shape index (κ3) is 4.61. The van der Waals surface area contributed by atoms with Crippen LogP contribution in [0.1, 0.15) is 26.0 Å². The van der Waals surface area contributed by atoms with Crippen molar-refractivity contribution in [1.29, 1.82) is 0 Å². The maximum absolute atomic E-state index is 12.0. The van der Waals surface area contributed by atoms with Crippen LogP contribution in [0.25, 0.3) is 0 Å². The minimum atomic E-state index is -3.53. The second-order valence-corrected chi connectivity index (χ2v) is 5.88. The van der Waals surface area contributed by atoms with Gasteiger partial charge in [-0.2, -0.15) is 0 Å². The number of aliphatic hydroxyl groups is 1. The molecule has 1 rings (SSSR count). The monoisotopic (exact) mass is 290 g/mol. The Balaban J connectivity index is 2.77. The van der Waals surface area contributed by atoms with E-state index in [9.17, 15) is 13.5 Å². The van der Waals surface area contributed by atoms with E-state index in [1.807, 2.05) is 13.8 Å². The van der Waals surface area contributed by atoms with Crippen molar-refractivity contribution >= 4 is 10.0 Å². The average molecular weight is 290 g/mol. The summed E-state index contributed by atoms with van der Waals surface area (Å²) in [4.78, 5) is 0.182. The lowest BCUT2D eigenvalue weighted by Crippen LogP contribution is -2.27. The second-order valence-electron chi connectivity index (χ2n) is 4.11. The van der Waals surface area contributed by atoms with Gasteiger partial charge in [-0.1, -0.05) is 6.92 Å². The summed E-state index contributed by atoms with van der Waals surface area (Å²) in [6, 6.07) is 1.50. The van der Waals surface area contributed by atoms with Crippen LogP contribution in [0.2, 0.25) is 0 Å². The Kier molecular flexibility index (Phi) is 6.50. The second kappa shape index (κ2) is 7.64. The molecular formula is C12H22N2O4S. The molecule has 1 aromatic heterocycles. The van der Waals surface area contributed by atoms with Crippen molar-refractivity contribution < 1.29 is 18.3 Å². The predicted octanol–water partition coefficient (Wildman–Crippen LogP) is 0.705. The van der Waals surface area contributed by atoms with Gasteiger partial charge in [-0.3, -0.25) is 0 Å². The maximum Gasteiger partial charge on any atom is 0.242 e. The smallest absolute Gasteiger partial charge is 0.242 e. The summed E-state index contributed by atoms with van der Waals surface area (Å²) >= 11 is 0. The lowest BCUT2D eigenvalue weighted by atomic mass is 10.4. The van der Waals surface area contributed by atoms with Crippen molar-refractivity contribution in [3.8, 4) is 0 Å². The van der Waals surface area contributed by atoms with Crippen LogP contribution < -0.4 is 4.72 Å². The molecule has 0 spiro atoms. The number of rotatable bonds is 9. The molecular weight excluding hydrogens is 268 g/mol. The largest absolute Gasteiger partial charge is 0.390 e. The molecule has 0 aliphatic rings. The Morgan fingerprint density at radius 3 is 2.74 bits per heavy atom.